The number of rotatable bonds is 3. The van der Waals surface area contributed by atoms with E-state index < -0.39 is 11.8 Å². The van der Waals surface area contributed by atoms with Crippen molar-refractivity contribution >= 4 is 27.6 Å². The van der Waals surface area contributed by atoms with Gasteiger partial charge in [-0.2, -0.15) is 0 Å². The van der Waals surface area contributed by atoms with Crippen LogP contribution in [0, 0.1) is 5.82 Å². The van der Waals surface area contributed by atoms with Crippen LogP contribution < -0.4 is 5.73 Å². The van der Waals surface area contributed by atoms with Crippen LogP contribution in [-0.2, 0) is 11.3 Å². The highest BCUT2D eigenvalue weighted by molar-refractivity contribution is 9.10. The van der Waals surface area contributed by atoms with Crippen molar-refractivity contribution in [3.05, 3.63) is 63.9 Å². The number of esters is 1. The summed E-state index contributed by atoms with van der Waals surface area (Å²) in [4.78, 5) is 11.9. The van der Waals surface area contributed by atoms with Crippen LogP contribution in [-0.4, -0.2) is 5.97 Å². The minimum atomic E-state index is -0.577. The Bertz CT molecular complexity index is 602. The van der Waals surface area contributed by atoms with Crippen molar-refractivity contribution in [1.82, 2.24) is 0 Å². The van der Waals surface area contributed by atoms with Gasteiger partial charge >= 0.3 is 5.97 Å². The van der Waals surface area contributed by atoms with Crippen LogP contribution in [0.1, 0.15) is 15.9 Å². The summed E-state index contributed by atoms with van der Waals surface area (Å²) in [6.45, 7) is 0.156. The SMILES string of the molecule is Nc1cc(C(=O)OCc2ccccc2)c(Br)cc1F. The number of nitrogens with two attached hydrogens (primary N) is 1. The van der Waals surface area contributed by atoms with Gasteiger partial charge in [-0.3, -0.25) is 0 Å². The van der Waals surface area contributed by atoms with E-state index in [-0.39, 0.29) is 17.9 Å². The van der Waals surface area contributed by atoms with Crippen LogP contribution in [0.2, 0.25) is 0 Å². The summed E-state index contributed by atoms with van der Waals surface area (Å²) >= 11 is 3.11. The highest BCUT2D eigenvalue weighted by Crippen LogP contribution is 2.23. The highest BCUT2D eigenvalue weighted by Gasteiger charge is 2.14. The molecular formula is C14H11BrFNO2. The van der Waals surface area contributed by atoms with Crippen LogP contribution in [0.25, 0.3) is 0 Å². The van der Waals surface area contributed by atoms with Gasteiger partial charge in [0.05, 0.1) is 11.3 Å². The van der Waals surface area contributed by atoms with E-state index >= 15 is 0 Å². The summed E-state index contributed by atoms with van der Waals surface area (Å²) in [7, 11) is 0. The largest absolute Gasteiger partial charge is 0.457 e. The van der Waals surface area contributed by atoms with Gasteiger partial charge in [-0.25, -0.2) is 9.18 Å². The summed E-state index contributed by atoms with van der Waals surface area (Å²) in [6, 6.07) is 11.7. The van der Waals surface area contributed by atoms with Crippen molar-refractivity contribution in [3.63, 3.8) is 0 Å². The van der Waals surface area contributed by atoms with E-state index in [0.29, 0.717) is 4.47 Å². The molecule has 0 aliphatic carbocycles. The van der Waals surface area contributed by atoms with E-state index in [1.165, 1.54) is 6.07 Å². The summed E-state index contributed by atoms with van der Waals surface area (Å²) < 4.78 is 18.6. The van der Waals surface area contributed by atoms with Crippen molar-refractivity contribution in [2.75, 3.05) is 5.73 Å². The number of hydrogen-bond acceptors (Lipinski definition) is 3. The standard InChI is InChI=1S/C14H11BrFNO2/c15-11-7-12(16)13(17)6-10(11)14(18)19-8-9-4-2-1-3-5-9/h1-7H,8,17H2. The van der Waals surface area contributed by atoms with Crippen LogP contribution in [0.5, 0.6) is 0 Å². The highest BCUT2D eigenvalue weighted by atomic mass is 79.9. The molecule has 2 aromatic rings. The fourth-order valence-corrected chi connectivity index (χ4v) is 2.00. The van der Waals surface area contributed by atoms with Crippen molar-refractivity contribution < 1.29 is 13.9 Å². The molecule has 2 aromatic carbocycles. The van der Waals surface area contributed by atoms with Crippen molar-refractivity contribution in [3.8, 4) is 0 Å². The lowest BCUT2D eigenvalue weighted by Gasteiger charge is -2.08. The van der Waals surface area contributed by atoms with E-state index in [1.54, 1.807) is 0 Å². The first-order chi connectivity index (χ1) is 9.08. The molecular weight excluding hydrogens is 313 g/mol. The van der Waals surface area contributed by atoms with E-state index in [4.69, 9.17) is 10.5 Å². The molecule has 0 heterocycles. The smallest absolute Gasteiger partial charge is 0.339 e. The van der Waals surface area contributed by atoms with Crippen molar-refractivity contribution in [2.45, 2.75) is 6.61 Å². The van der Waals surface area contributed by atoms with E-state index in [0.717, 1.165) is 11.6 Å². The Morgan fingerprint density at radius 1 is 1.26 bits per heavy atom. The van der Waals surface area contributed by atoms with Gasteiger partial charge in [0.1, 0.15) is 12.4 Å². The Morgan fingerprint density at radius 2 is 1.95 bits per heavy atom. The molecule has 0 saturated heterocycles. The third-order valence-electron chi connectivity index (χ3n) is 2.52. The zero-order valence-electron chi connectivity index (χ0n) is 9.90. The first kappa shape index (κ1) is 13.5. The lowest BCUT2D eigenvalue weighted by atomic mass is 10.2. The number of carbonyl (C=O) groups excluding carboxylic acids is 1. The minimum Gasteiger partial charge on any atom is -0.457 e. The van der Waals surface area contributed by atoms with Gasteiger partial charge in [0.2, 0.25) is 0 Å². The third kappa shape index (κ3) is 3.32. The second-order valence-electron chi connectivity index (χ2n) is 3.92. The predicted molar refractivity (Wildman–Crippen MR) is 74.1 cm³/mol. The van der Waals surface area contributed by atoms with Crippen LogP contribution in [0.4, 0.5) is 10.1 Å². The van der Waals surface area contributed by atoms with Gasteiger partial charge in [-0.05, 0) is 33.6 Å². The molecule has 98 valence electrons. The number of carbonyl (C=O) groups is 1. The third-order valence-corrected chi connectivity index (χ3v) is 3.18. The van der Waals surface area contributed by atoms with Crippen molar-refractivity contribution in [1.29, 1.82) is 0 Å². The van der Waals surface area contributed by atoms with Crippen LogP contribution in [0.15, 0.2) is 46.9 Å². The zero-order valence-corrected chi connectivity index (χ0v) is 11.5. The molecule has 0 aliphatic heterocycles. The van der Waals surface area contributed by atoms with E-state index in [9.17, 15) is 9.18 Å². The van der Waals surface area contributed by atoms with Crippen LogP contribution >= 0.6 is 15.9 Å². The van der Waals surface area contributed by atoms with Crippen molar-refractivity contribution in [2.24, 2.45) is 0 Å². The van der Waals surface area contributed by atoms with Gasteiger partial charge in [0.15, 0.2) is 0 Å². The van der Waals surface area contributed by atoms with Gasteiger partial charge < -0.3 is 10.5 Å². The fraction of sp³-hybridized carbons (Fsp3) is 0.0714. The molecule has 5 heteroatoms. The molecule has 0 fully saturated rings. The van der Waals surface area contributed by atoms with Crippen LogP contribution in [0.3, 0.4) is 0 Å². The second kappa shape index (κ2) is 5.84. The molecule has 0 radical (unpaired) electrons. The monoisotopic (exact) mass is 323 g/mol. The molecule has 19 heavy (non-hydrogen) atoms. The minimum absolute atomic E-state index is 0.0881. The normalized spacial score (nSPS) is 10.2. The molecule has 0 bridgehead atoms. The zero-order chi connectivity index (χ0) is 13.8. The van der Waals surface area contributed by atoms with Gasteiger partial charge in [0.25, 0.3) is 0 Å². The number of anilines is 1. The number of nitrogen functional groups attached to an aromatic ring is 1. The topological polar surface area (TPSA) is 52.3 Å². The Labute approximate surface area is 118 Å². The first-order valence-electron chi connectivity index (χ1n) is 5.53. The van der Waals surface area contributed by atoms with Gasteiger partial charge in [-0.15, -0.1) is 0 Å². The maximum Gasteiger partial charge on any atom is 0.339 e. The quantitative estimate of drug-likeness (QED) is 0.694. The number of hydrogen-bond donors (Lipinski definition) is 1. The molecule has 3 nitrogen and oxygen atoms in total. The predicted octanol–water partition coefficient (Wildman–Crippen LogP) is 3.53. The molecule has 0 amide bonds. The summed E-state index contributed by atoms with van der Waals surface area (Å²) in [5.41, 5.74) is 6.42. The molecule has 0 aliphatic rings. The molecule has 0 saturated carbocycles. The molecule has 0 spiro atoms. The summed E-state index contributed by atoms with van der Waals surface area (Å²) in [5, 5.41) is 0. The summed E-state index contributed by atoms with van der Waals surface area (Å²) in [5.74, 6) is -1.13. The maximum absolute atomic E-state index is 13.2. The summed E-state index contributed by atoms with van der Waals surface area (Å²) in [6.07, 6.45) is 0. The lowest BCUT2D eigenvalue weighted by molar-refractivity contribution is 0.0471. The molecule has 0 aromatic heterocycles. The molecule has 0 unspecified atom stereocenters. The fourth-order valence-electron chi connectivity index (χ4n) is 1.52. The average Bonchev–Trinajstić information content (AvgIpc) is 2.41. The number of benzene rings is 2. The molecule has 2 rings (SSSR count). The first-order valence-corrected chi connectivity index (χ1v) is 6.33. The van der Waals surface area contributed by atoms with E-state index in [2.05, 4.69) is 15.9 Å². The molecule has 2 N–H and O–H groups in total. The Morgan fingerprint density at radius 3 is 2.63 bits per heavy atom. The number of ether oxygens (including phenoxy) is 1. The maximum atomic E-state index is 13.2. The Hall–Kier alpha value is -1.88. The van der Waals surface area contributed by atoms with Gasteiger partial charge in [0, 0.05) is 4.47 Å². The lowest BCUT2D eigenvalue weighted by Crippen LogP contribution is -2.07. The number of halogens is 2. The molecule has 0 atom stereocenters. The Balaban J connectivity index is 2.10. The second-order valence-corrected chi connectivity index (χ2v) is 4.77. The average molecular weight is 324 g/mol. The van der Waals surface area contributed by atoms with Gasteiger partial charge in [-0.1, -0.05) is 30.3 Å². The Kier molecular flexibility index (Phi) is 4.16. The van der Waals surface area contributed by atoms with E-state index in [1.807, 2.05) is 30.3 Å².